The van der Waals surface area contributed by atoms with Crippen LogP contribution in [0.2, 0.25) is 0 Å². The van der Waals surface area contributed by atoms with Crippen molar-refractivity contribution in [2.24, 2.45) is 11.1 Å². The Labute approximate surface area is 112 Å². The van der Waals surface area contributed by atoms with Crippen molar-refractivity contribution in [2.45, 2.75) is 26.2 Å². The van der Waals surface area contributed by atoms with Crippen LogP contribution in [0.4, 0.5) is 0 Å². The quantitative estimate of drug-likeness (QED) is 0.705. The maximum atomic E-state index is 6.05. The molecule has 1 heterocycles. The Bertz CT molecular complexity index is 215. The molecule has 1 aliphatic heterocycles. The summed E-state index contributed by atoms with van der Waals surface area (Å²) in [4.78, 5) is 4.83. The lowest BCUT2D eigenvalue weighted by molar-refractivity contribution is -0.000875. The molecule has 0 unspecified atom stereocenters. The second kappa shape index (κ2) is 8.10. The average Bonchev–Trinajstić information content (AvgIpc) is 2.37. The van der Waals surface area contributed by atoms with Crippen LogP contribution < -0.4 is 5.73 Å². The number of nitrogens with two attached hydrogens (primary N) is 1. The molecule has 4 heteroatoms. The summed E-state index contributed by atoms with van der Waals surface area (Å²) >= 11 is 0. The third-order valence-corrected chi connectivity index (χ3v) is 3.95. The van der Waals surface area contributed by atoms with Crippen LogP contribution in [0.3, 0.4) is 0 Å². The van der Waals surface area contributed by atoms with E-state index in [0.717, 1.165) is 52.2 Å². The molecular formula is C14H31N3O. The van der Waals surface area contributed by atoms with Crippen LogP contribution in [0.5, 0.6) is 0 Å². The number of hydrogen-bond donors (Lipinski definition) is 1. The Balaban J connectivity index is 2.50. The van der Waals surface area contributed by atoms with E-state index in [0.29, 0.717) is 5.41 Å². The monoisotopic (exact) mass is 257 g/mol. The van der Waals surface area contributed by atoms with Crippen LogP contribution in [-0.2, 0) is 4.74 Å². The first-order valence-electron chi connectivity index (χ1n) is 7.27. The van der Waals surface area contributed by atoms with Gasteiger partial charge in [-0.05, 0) is 51.9 Å². The number of rotatable bonds is 8. The van der Waals surface area contributed by atoms with Gasteiger partial charge in [0.2, 0.25) is 0 Å². The van der Waals surface area contributed by atoms with Gasteiger partial charge in [-0.1, -0.05) is 6.92 Å². The second-order valence-electron chi connectivity index (χ2n) is 5.90. The molecule has 0 aromatic rings. The van der Waals surface area contributed by atoms with E-state index in [9.17, 15) is 0 Å². The van der Waals surface area contributed by atoms with Crippen molar-refractivity contribution in [3.63, 3.8) is 0 Å². The van der Waals surface area contributed by atoms with Crippen molar-refractivity contribution >= 4 is 0 Å². The zero-order chi connectivity index (χ0) is 13.4. The molecule has 1 saturated heterocycles. The van der Waals surface area contributed by atoms with E-state index in [1.165, 1.54) is 13.0 Å². The molecular weight excluding hydrogens is 226 g/mol. The van der Waals surface area contributed by atoms with Crippen LogP contribution in [0.15, 0.2) is 0 Å². The predicted octanol–water partition coefficient (Wildman–Crippen LogP) is 1.02. The van der Waals surface area contributed by atoms with Gasteiger partial charge in [0.25, 0.3) is 0 Å². The minimum absolute atomic E-state index is 0.291. The number of ether oxygens (including phenoxy) is 1. The first-order chi connectivity index (χ1) is 8.62. The smallest absolute Gasteiger partial charge is 0.0472 e. The highest BCUT2D eigenvalue weighted by Gasteiger charge is 2.32. The number of nitrogens with zero attached hydrogens (tertiary/aromatic N) is 2. The molecule has 0 bridgehead atoms. The van der Waals surface area contributed by atoms with E-state index in [1.807, 2.05) is 0 Å². The Kier molecular flexibility index (Phi) is 7.15. The topological polar surface area (TPSA) is 41.7 Å². The summed E-state index contributed by atoms with van der Waals surface area (Å²) < 4.78 is 5.48. The van der Waals surface area contributed by atoms with Crippen molar-refractivity contribution in [1.29, 1.82) is 0 Å². The van der Waals surface area contributed by atoms with Gasteiger partial charge in [-0.2, -0.15) is 0 Å². The van der Waals surface area contributed by atoms with Gasteiger partial charge in [0, 0.05) is 32.8 Å². The maximum Gasteiger partial charge on any atom is 0.0472 e. The Morgan fingerprint density at radius 3 is 2.28 bits per heavy atom. The second-order valence-corrected chi connectivity index (χ2v) is 5.90. The Morgan fingerprint density at radius 1 is 1.11 bits per heavy atom. The lowest BCUT2D eigenvalue weighted by atomic mass is 9.79. The standard InChI is InChI=1S/C14H31N3O/c1-4-7-17(9-8-16(2)3)13-14(12-15)5-10-18-11-6-14/h4-13,15H2,1-3H3. The summed E-state index contributed by atoms with van der Waals surface area (Å²) in [7, 11) is 4.27. The van der Waals surface area contributed by atoms with Crippen LogP contribution in [0.25, 0.3) is 0 Å². The van der Waals surface area contributed by atoms with E-state index in [4.69, 9.17) is 10.5 Å². The largest absolute Gasteiger partial charge is 0.381 e. The summed E-state index contributed by atoms with van der Waals surface area (Å²) in [6.07, 6.45) is 3.45. The minimum atomic E-state index is 0.291. The number of hydrogen-bond acceptors (Lipinski definition) is 4. The van der Waals surface area contributed by atoms with E-state index in [2.05, 4.69) is 30.8 Å². The van der Waals surface area contributed by atoms with Gasteiger partial charge in [-0.15, -0.1) is 0 Å². The zero-order valence-electron chi connectivity index (χ0n) is 12.5. The molecule has 4 nitrogen and oxygen atoms in total. The van der Waals surface area contributed by atoms with Crippen molar-refractivity contribution in [2.75, 3.05) is 60.0 Å². The molecule has 2 N–H and O–H groups in total. The predicted molar refractivity (Wildman–Crippen MR) is 76.8 cm³/mol. The summed E-state index contributed by atoms with van der Waals surface area (Å²) in [5.74, 6) is 0. The van der Waals surface area contributed by atoms with Gasteiger partial charge in [0.15, 0.2) is 0 Å². The lowest BCUT2D eigenvalue weighted by Gasteiger charge is -2.40. The Hall–Kier alpha value is -0.160. The average molecular weight is 257 g/mol. The third kappa shape index (κ3) is 5.22. The molecule has 1 fully saturated rings. The fourth-order valence-corrected chi connectivity index (χ4v) is 2.63. The molecule has 0 saturated carbocycles. The molecule has 0 aromatic carbocycles. The van der Waals surface area contributed by atoms with E-state index >= 15 is 0 Å². The first-order valence-corrected chi connectivity index (χ1v) is 7.27. The van der Waals surface area contributed by atoms with Crippen LogP contribution in [0, 0.1) is 5.41 Å². The maximum absolute atomic E-state index is 6.05. The van der Waals surface area contributed by atoms with Gasteiger partial charge in [0.05, 0.1) is 0 Å². The van der Waals surface area contributed by atoms with Crippen LogP contribution in [0.1, 0.15) is 26.2 Å². The van der Waals surface area contributed by atoms with Gasteiger partial charge in [-0.25, -0.2) is 0 Å². The highest BCUT2D eigenvalue weighted by Crippen LogP contribution is 2.30. The van der Waals surface area contributed by atoms with Crippen LogP contribution in [-0.4, -0.2) is 69.8 Å². The van der Waals surface area contributed by atoms with E-state index in [-0.39, 0.29) is 0 Å². The minimum Gasteiger partial charge on any atom is -0.381 e. The van der Waals surface area contributed by atoms with Crippen molar-refractivity contribution in [3.05, 3.63) is 0 Å². The zero-order valence-corrected chi connectivity index (χ0v) is 12.5. The third-order valence-electron chi connectivity index (χ3n) is 3.95. The summed E-state index contributed by atoms with van der Waals surface area (Å²) in [6.45, 7) is 9.38. The molecule has 0 aromatic heterocycles. The molecule has 0 spiro atoms. The lowest BCUT2D eigenvalue weighted by Crippen LogP contribution is -2.47. The SMILES string of the molecule is CCCN(CCN(C)C)CC1(CN)CCOCC1. The summed E-state index contributed by atoms with van der Waals surface area (Å²) in [5, 5.41) is 0. The van der Waals surface area contributed by atoms with Gasteiger partial charge in [-0.3, -0.25) is 0 Å². The van der Waals surface area contributed by atoms with Crippen molar-refractivity contribution < 1.29 is 4.74 Å². The molecule has 1 rings (SSSR count). The van der Waals surface area contributed by atoms with Crippen LogP contribution >= 0.6 is 0 Å². The first kappa shape index (κ1) is 15.9. The molecule has 1 aliphatic rings. The van der Waals surface area contributed by atoms with Crippen molar-refractivity contribution in [1.82, 2.24) is 9.80 Å². The molecule has 0 atom stereocenters. The van der Waals surface area contributed by atoms with Gasteiger partial charge in [0.1, 0.15) is 0 Å². The molecule has 0 aliphatic carbocycles. The molecule has 0 amide bonds. The molecule has 0 radical (unpaired) electrons. The van der Waals surface area contributed by atoms with Gasteiger partial charge >= 0.3 is 0 Å². The summed E-state index contributed by atoms with van der Waals surface area (Å²) in [6, 6.07) is 0. The summed E-state index contributed by atoms with van der Waals surface area (Å²) in [5.41, 5.74) is 6.34. The molecule has 108 valence electrons. The Morgan fingerprint density at radius 2 is 1.78 bits per heavy atom. The van der Waals surface area contributed by atoms with E-state index < -0.39 is 0 Å². The highest BCUT2D eigenvalue weighted by atomic mass is 16.5. The number of likely N-dealkylation sites (N-methyl/N-ethyl adjacent to an activating group) is 1. The normalized spacial score (nSPS) is 19.7. The van der Waals surface area contributed by atoms with Gasteiger partial charge < -0.3 is 20.3 Å². The van der Waals surface area contributed by atoms with Crippen molar-refractivity contribution in [3.8, 4) is 0 Å². The van der Waals surface area contributed by atoms with E-state index in [1.54, 1.807) is 0 Å². The fraction of sp³-hybridized carbons (Fsp3) is 1.00. The fourth-order valence-electron chi connectivity index (χ4n) is 2.63. The highest BCUT2D eigenvalue weighted by molar-refractivity contribution is 4.86. The molecule has 18 heavy (non-hydrogen) atoms.